The molecule has 1 saturated heterocycles. The predicted molar refractivity (Wildman–Crippen MR) is 62.8 cm³/mol. The highest BCUT2D eigenvalue weighted by molar-refractivity contribution is 4.86. The maximum Gasteiger partial charge on any atom is 0.0443 e. The number of piperazine rings is 1. The minimum Gasteiger partial charge on any atom is -0.396 e. The summed E-state index contributed by atoms with van der Waals surface area (Å²) in [5.41, 5.74) is 5.89. The van der Waals surface area contributed by atoms with Gasteiger partial charge in [0.1, 0.15) is 0 Å². The van der Waals surface area contributed by atoms with E-state index in [1.807, 2.05) is 0 Å². The lowest BCUT2D eigenvalue weighted by atomic mass is 10.0. The summed E-state index contributed by atoms with van der Waals surface area (Å²) in [6.07, 6.45) is 0.889. The van der Waals surface area contributed by atoms with Crippen LogP contribution in [0.5, 0.6) is 0 Å². The molecule has 0 aromatic rings. The lowest BCUT2D eigenvalue weighted by Crippen LogP contribution is -2.57. The summed E-state index contributed by atoms with van der Waals surface area (Å²) in [5, 5.41) is 8.76. The van der Waals surface area contributed by atoms with Crippen LogP contribution in [-0.2, 0) is 0 Å². The summed E-state index contributed by atoms with van der Waals surface area (Å²) < 4.78 is 0. The van der Waals surface area contributed by atoms with Crippen LogP contribution in [-0.4, -0.2) is 66.3 Å². The van der Waals surface area contributed by atoms with Crippen molar-refractivity contribution in [3.8, 4) is 0 Å². The average molecular weight is 215 g/mol. The molecule has 0 spiro atoms. The number of aliphatic hydroxyl groups excluding tert-OH is 1. The van der Waals surface area contributed by atoms with Crippen LogP contribution >= 0.6 is 0 Å². The SMILES string of the molecule is CC(C)(CN)N1CCN(CCCO)CC1. The minimum absolute atomic E-state index is 0.128. The van der Waals surface area contributed by atoms with Crippen LogP contribution in [0.2, 0.25) is 0 Å². The van der Waals surface area contributed by atoms with E-state index in [-0.39, 0.29) is 5.54 Å². The molecule has 1 aliphatic heterocycles. The second-order valence-electron chi connectivity index (χ2n) is 4.92. The van der Waals surface area contributed by atoms with E-state index < -0.39 is 0 Å². The van der Waals surface area contributed by atoms with Crippen LogP contribution in [0.25, 0.3) is 0 Å². The molecule has 4 nitrogen and oxygen atoms in total. The fourth-order valence-corrected chi connectivity index (χ4v) is 2.00. The van der Waals surface area contributed by atoms with E-state index in [0.29, 0.717) is 13.2 Å². The first-order chi connectivity index (χ1) is 7.10. The molecular weight excluding hydrogens is 190 g/mol. The Morgan fingerprint density at radius 1 is 1.20 bits per heavy atom. The van der Waals surface area contributed by atoms with E-state index in [2.05, 4.69) is 23.6 Å². The smallest absolute Gasteiger partial charge is 0.0443 e. The lowest BCUT2D eigenvalue weighted by molar-refractivity contribution is 0.0544. The number of nitrogens with two attached hydrogens (primary N) is 1. The highest BCUT2D eigenvalue weighted by Gasteiger charge is 2.28. The van der Waals surface area contributed by atoms with Gasteiger partial charge in [-0.15, -0.1) is 0 Å². The molecular formula is C11H25N3O. The van der Waals surface area contributed by atoms with Crippen LogP contribution < -0.4 is 5.73 Å². The van der Waals surface area contributed by atoms with Crippen molar-refractivity contribution in [3.05, 3.63) is 0 Å². The van der Waals surface area contributed by atoms with Crippen LogP contribution in [0, 0.1) is 0 Å². The maximum atomic E-state index is 8.76. The second kappa shape index (κ2) is 5.80. The topological polar surface area (TPSA) is 52.7 Å². The van der Waals surface area contributed by atoms with Crippen LogP contribution in [0.1, 0.15) is 20.3 Å². The van der Waals surface area contributed by atoms with Crippen molar-refractivity contribution in [2.24, 2.45) is 5.73 Å². The van der Waals surface area contributed by atoms with E-state index in [1.165, 1.54) is 0 Å². The maximum absolute atomic E-state index is 8.76. The van der Waals surface area contributed by atoms with E-state index in [9.17, 15) is 0 Å². The predicted octanol–water partition coefficient (Wildman–Crippen LogP) is -0.276. The van der Waals surface area contributed by atoms with E-state index in [1.54, 1.807) is 0 Å². The molecule has 0 radical (unpaired) electrons. The third-order valence-corrected chi connectivity index (χ3v) is 3.36. The summed E-state index contributed by atoms with van der Waals surface area (Å²) in [5.74, 6) is 0. The lowest BCUT2D eigenvalue weighted by Gasteiger charge is -2.43. The van der Waals surface area contributed by atoms with Crippen molar-refractivity contribution in [3.63, 3.8) is 0 Å². The molecule has 0 aromatic carbocycles. The van der Waals surface area contributed by atoms with Gasteiger partial charge in [-0.3, -0.25) is 4.90 Å². The third-order valence-electron chi connectivity index (χ3n) is 3.36. The van der Waals surface area contributed by atoms with Gasteiger partial charge in [0, 0.05) is 51.4 Å². The number of nitrogens with zero attached hydrogens (tertiary/aromatic N) is 2. The number of hydrogen-bond donors (Lipinski definition) is 2. The molecule has 1 heterocycles. The summed E-state index contributed by atoms with van der Waals surface area (Å²) in [6, 6.07) is 0. The van der Waals surface area contributed by atoms with Crippen molar-refractivity contribution in [2.45, 2.75) is 25.8 Å². The molecule has 0 saturated carbocycles. The Balaban J connectivity index is 2.29. The standard InChI is InChI=1S/C11H25N3O/c1-11(2,10-12)14-7-5-13(6-8-14)4-3-9-15/h15H,3-10,12H2,1-2H3. The molecule has 0 bridgehead atoms. The second-order valence-corrected chi connectivity index (χ2v) is 4.92. The molecule has 0 amide bonds. The Hall–Kier alpha value is -0.160. The third kappa shape index (κ3) is 3.72. The van der Waals surface area contributed by atoms with Gasteiger partial charge in [-0.25, -0.2) is 0 Å². The monoisotopic (exact) mass is 215 g/mol. The molecule has 90 valence electrons. The number of aliphatic hydroxyl groups is 1. The van der Waals surface area contributed by atoms with Crippen molar-refractivity contribution in [2.75, 3.05) is 45.9 Å². The zero-order chi connectivity index (χ0) is 11.3. The summed E-state index contributed by atoms with van der Waals surface area (Å²) in [4.78, 5) is 4.88. The Morgan fingerprint density at radius 3 is 2.27 bits per heavy atom. The normalized spacial score (nSPS) is 20.8. The van der Waals surface area contributed by atoms with E-state index in [0.717, 1.165) is 39.1 Å². The van der Waals surface area contributed by atoms with Gasteiger partial charge in [-0.2, -0.15) is 0 Å². The summed E-state index contributed by atoms with van der Waals surface area (Å²) in [7, 11) is 0. The van der Waals surface area contributed by atoms with Gasteiger partial charge >= 0.3 is 0 Å². The molecule has 1 fully saturated rings. The van der Waals surface area contributed by atoms with Gasteiger partial charge in [-0.05, 0) is 20.3 Å². The molecule has 1 rings (SSSR count). The fourth-order valence-electron chi connectivity index (χ4n) is 2.00. The summed E-state index contributed by atoms with van der Waals surface area (Å²) in [6.45, 7) is 10.8. The van der Waals surface area contributed by atoms with Gasteiger partial charge in [0.2, 0.25) is 0 Å². The Bertz CT molecular complexity index is 177. The van der Waals surface area contributed by atoms with Gasteiger partial charge < -0.3 is 15.7 Å². The first-order valence-electron chi connectivity index (χ1n) is 5.88. The molecule has 0 aromatic heterocycles. The van der Waals surface area contributed by atoms with E-state index in [4.69, 9.17) is 10.8 Å². The zero-order valence-electron chi connectivity index (χ0n) is 10.1. The molecule has 1 aliphatic rings. The number of rotatable bonds is 5. The molecule has 0 unspecified atom stereocenters. The van der Waals surface area contributed by atoms with Gasteiger partial charge in [-0.1, -0.05) is 0 Å². The zero-order valence-corrected chi connectivity index (χ0v) is 10.1. The van der Waals surface area contributed by atoms with Crippen molar-refractivity contribution >= 4 is 0 Å². The first-order valence-corrected chi connectivity index (χ1v) is 5.88. The molecule has 0 atom stereocenters. The number of hydrogen-bond acceptors (Lipinski definition) is 4. The highest BCUT2D eigenvalue weighted by atomic mass is 16.3. The van der Waals surface area contributed by atoms with Gasteiger partial charge in [0.25, 0.3) is 0 Å². The van der Waals surface area contributed by atoms with Gasteiger partial charge in [0.05, 0.1) is 0 Å². The first kappa shape index (κ1) is 12.9. The highest BCUT2D eigenvalue weighted by Crippen LogP contribution is 2.15. The Kier molecular flexibility index (Phi) is 4.99. The molecule has 3 N–H and O–H groups in total. The van der Waals surface area contributed by atoms with Gasteiger partial charge in [0.15, 0.2) is 0 Å². The molecule has 4 heteroatoms. The van der Waals surface area contributed by atoms with Crippen LogP contribution in [0.15, 0.2) is 0 Å². The Morgan fingerprint density at radius 2 is 1.80 bits per heavy atom. The van der Waals surface area contributed by atoms with Crippen LogP contribution in [0.4, 0.5) is 0 Å². The quantitative estimate of drug-likeness (QED) is 0.662. The minimum atomic E-state index is 0.128. The van der Waals surface area contributed by atoms with Crippen LogP contribution in [0.3, 0.4) is 0 Å². The average Bonchev–Trinajstić information content (AvgIpc) is 2.27. The van der Waals surface area contributed by atoms with Crippen molar-refractivity contribution in [1.29, 1.82) is 0 Å². The molecule has 0 aliphatic carbocycles. The Labute approximate surface area is 93.0 Å². The van der Waals surface area contributed by atoms with E-state index >= 15 is 0 Å². The largest absolute Gasteiger partial charge is 0.396 e. The van der Waals surface area contributed by atoms with Crippen molar-refractivity contribution < 1.29 is 5.11 Å². The van der Waals surface area contributed by atoms with Crippen molar-refractivity contribution in [1.82, 2.24) is 9.80 Å². The fraction of sp³-hybridized carbons (Fsp3) is 1.00. The summed E-state index contributed by atoms with van der Waals surface area (Å²) >= 11 is 0. The molecule has 15 heavy (non-hydrogen) atoms.